The first-order chi connectivity index (χ1) is 13.4. The Morgan fingerprint density at radius 2 is 1.46 bits per heavy atom. The summed E-state index contributed by atoms with van der Waals surface area (Å²) < 4.78 is 6.69. The molecule has 0 aliphatic heterocycles. The molecule has 0 radical (unpaired) electrons. The number of unbranched alkanes of at least 4 members (excludes halogenated alkanes) is 3. The van der Waals surface area contributed by atoms with Gasteiger partial charge in [0, 0.05) is 19.5 Å². The second kappa shape index (κ2) is 17.3. The molecule has 28 heavy (non-hydrogen) atoms. The second-order valence-corrected chi connectivity index (χ2v) is 9.13. The van der Waals surface area contributed by atoms with Crippen molar-refractivity contribution in [3.05, 3.63) is 0 Å². The Kier molecular flexibility index (Phi) is 16.9. The van der Waals surface area contributed by atoms with Gasteiger partial charge in [-0.05, 0) is 31.7 Å². The highest BCUT2D eigenvalue weighted by molar-refractivity contribution is 5.69. The van der Waals surface area contributed by atoms with Crippen LogP contribution in [0.4, 0.5) is 0 Å². The lowest BCUT2D eigenvalue weighted by molar-refractivity contribution is -0.890. The van der Waals surface area contributed by atoms with E-state index in [1.165, 1.54) is 64.5 Å². The van der Waals surface area contributed by atoms with Gasteiger partial charge in [0.2, 0.25) is 0 Å². The Bertz CT molecular complexity index is 372. The van der Waals surface area contributed by atoms with Gasteiger partial charge in [0.1, 0.15) is 0 Å². The van der Waals surface area contributed by atoms with Crippen molar-refractivity contribution in [3.8, 4) is 0 Å². The molecule has 0 saturated heterocycles. The summed E-state index contributed by atoms with van der Waals surface area (Å²) in [6, 6.07) is 0. The van der Waals surface area contributed by atoms with E-state index >= 15 is 0 Å². The average molecular weight is 400 g/mol. The minimum Gasteiger partial charge on any atom is -0.465 e. The van der Waals surface area contributed by atoms with Crippen LogP contribution in [0.1, 0.15) is 91.9 Å². The number of hydrogen-bond acceptors (Lipinski definition) is 3. The highest BCUT2D eigenvalue weighted by Crippen LogP contribution is 2.13. The summed E-state index contributed by atoms with van der Waals surface area (Å²) in [6.45, 7) is 15.0. The van der Waals surface area contributed by atoms with Crippen molar-refractivity contribution < 1.29 is 14.0 Å². The van der Waals surface area contributed by atoms with Crippen LogP contribution in [-0.4, -0.2) is 68.8 Å². The Morgan fingerprint density at radius 1 is 0.857 bits per heavy atom. The van der Waals surface area contributed by atoms with E-state index in [1.807, 2.05) is 0 Å². The summed E-state index contributed by atoms with van der Waals surface area (Å²) in [5.41, 5.74) is 0. The zero-order chi connectivity index (χ0) is 21.3. The van der Waals surface area contributed by atoms with Crippen LogP contribution < -0.4 is 0 Å². The predicted molar refractivity (Wildman–Crippen MR) is 122 cm³/mol. The molecular weight excluding hydrogens is 348 g/mol. The molecule has 0 fully saturated rings. The molecule has 168 valence electrons. The Labute approximate surface area is 176 Å². The van der Waals surface area contributed by atoms with E-state index < -0.39 is 0 Å². The number of nitrogens with zero attached hydrogens (tertiary/aromatic N) is 2. The van der Waals surface area contributed by atoms with Gasteiger partial charge in [0.05, 0.1) is 40.2 Å². The highest BCUT2D eigenvalue weighted by Gasteiger charge is 2.16. The first kappa shape index (κ1) is 27.4. The van der Waals surface area contributed by atoms with Crippen LogP contribution in [0.2, 0.25) is 0 Å². The minimum atomic E-state index is -0.0181. The molecule has 0 aliphatic rings. The van der Waals surface area contributed by atoms with E-state index in [1.54, 1.807) is 0 Å². The smallest absolute Gasteiger partial charge is 0.307 e. The van der Waals surface area contributed by atoms with Gasteiger partial charge in [-0.25, -0.2) is 0 Å². The molecule has 1 unspecified atom stereocenters. The van der Waals surface area contributed by atoms with E-state index in [4.69, 9.17) is 4.74 Å². The SMILES string of the molecule is CCCCC(CC)COC(=O)CCN(CCCC)CCC[N+](C)(C)CCCC. The van der Waals surface area contributed by atoms with Gasteiger partial charge in [-0.1, -0.05) is 59.8 Å². The van der Waals surface area contributed by atoms with Gasteiger partial charge in [0.15, 0.2) is 0 Å². The van der Waals surface area contributed by atoms with Gasteiger partial charge in [0.25, 0.3) is 0 Å². The maximum atomic E-state index is 12.2. The molecule has 4 heteroatoms. The lowest BCUT2D eigenvalue weighted by atomic mass is 10.0. The summed E-state index contributed by atoms with van der Waals surface area (Å²) in [6.07, 6.45) is 11.4. The summed E-state index contributed by atoms with van der Waals surface area (Å²) in [7, 11) is 4.68. The number of quaternary nitrogens is 1. The number of esters is 1. The Morgan fingerprint density at radius 3 is 2.07 bits per heavy atom. The van der Waals surface area contributed by atoms with Gasteiger partial charge in [-0.15, -0.1) is 0 Å². The molecule has 0 heterocycles. The lowest BCUT2D eigenvalue weighted by Gasteiger charge is -2.31. The fourth-order valence-electron chi connectivity index (χ4n) is 3.57. The molecule has 0 N–H and O–H groups in total. The molecule has 0 saturated carbocycles. The highest BCUT2D eigenvalue weighted by atomic mass is 16.5. The quantitative estimate of drug-likeness (QED) is 0.212. The molecule has 0 aromatic carbocycles. The van der Waals surface area contributed by atoms with Crippen molar-refractivity contribution in [3.63, 3.8) is 0 Å². The zero-order valence-corrected chi connectivity index (χ0v) is 20.1. The molecule has 0 aromatic heterocycles. The number of ether oxygens (including phenoxy) is 1. The molecule has 0 bridgehead atoms. The van der Waals surface area contributed by atoms with Crippen LogP contribution in [0.5, 0.6) is 0 Å². The van der Waals surface area contributed by atoms with E-state index in [9.17, 15) is 4.79 Å². The third kappa shape index (κ3) is 15.3. The number of hydrogen-bond donors (Lipinski definition) is 0. The molecular formula is C24H51N2O2+. The third-order valence-electron chi connectivity index (χ3n) is 5.84. The van der Waals surface area contributed by atoms with Crippen molar-refractivity contribution in [1.82, 2.24) is 4.90 Å². The van der Waals surface area contributed by atoms with E-state index in [0.29, 0.717) is 18.9 Å². The van der Waals surface area contributed by atoms with Crippen molar-refractivity contribution in [2.75, 3.05) is 53.4 Å². The van der Waals surface area contributed by atoms with Crippen molar-refractivity contribution in [1.29, 1.82) is 0 Å². The summed E-state index contributed by atoms with van der Waals surface area (Å²) in [4.78, 5) is 14.7. The largest absolute Gasteiger partial charge is 0.465 e. The van der Waals surface area contributed by atoms with Crippen LogP contribution in [0.15, 0.2) is 0 Å². The average Bonchev–Trinajstić information content (AvgIpc) is 2.68. The molecule has 0 spiro atoms. The monoisotopic (exact) mass is 399 g/mol. The minimum absolute atomic E-state index is 0.0181. The summed E-state index contributed by atoms with van der Waals surface area (Å²) in [5.74, 6) is 0.513. The summed E-state index contributed by atoms with van der Waals surface area (Å²) in [5, 5.41) is 0. The number of rotatable bonds is 19. The van der Waals surface area contributed by atoms with Crippen molar-refractivity contribution >= 4 is 5.97 Å². The van der Waals surface area contributed by atoms with Crippen molar-refractivity contribution in [2.45, 2.75) is 91.9 Å². The van der Waals surface area contributed by atoms with Gasteiger partial charge in [-0.3, -0.25) is 4.79 Å². The topological polar surface area (TPSA) is 29.5 Å². The normalized spacial score (nSPS) is 13.1. The maximum absolute atomic E-state index is 12.2. The fourth-order valence-corrected chi connectivity index (χ4v) is 3.57. The van der Waals surface area contributed by atoms with Gasteiger partial charge >= 0.3 is 5.97 Å². The predicted octanol–water partition coefficient (Wildman–Crippen LogP) is 5.50. The van der Waals surface area contributed by atoms with E-state index in [0.717, 1.165) is 30.5 Å². The van der Waals surface area contributed by atoms with Crippen molar-refractivity contribution in [2.24, 2.45) is 5.92 Å². The van der Waals surface area contributed by atoms with Crippen LogP contribution in [0.25, 0.3) is 0 Å². The number of carbonyl (C=O) groups is 1. The number of carbonyl (C=O) groups excluding carboxylic acids is 1. The second-order valence-electron chi connectivity index (χ2n) is 9.13. The molecule has 0 rings (SSSR count). The molecule has 0 aromatic rings. The van der Waals surface area contributed by atoms with Gasteiger partial charge < -0.3 is 14.1 Å². The maximum Gasteiger partial charge on any atom is 0.307 e. The lowest BCUT2D eigenvalue weighted by Crippen LogP contribution is -2.42. The third-order valence-corrected chi connectivity index (χ3v) is 5.84. The molecule has 0 aliphatic carbocycles. The van der Waals surface area contributed by atoms with Crippen LogP contribution >= 0.6 is 0 Å². The van der Waals surface area contributed by atoms with Crippen LogP contribution in [-0.2, 0) is 9.53 Å². The first-order valence-electron chi connectivity index (χ1n) is 12.1. The fraction of sp³-hybridized carbons (Fsp3) is 0.958. The standard InChI is InChI=1S/C24H51N2O2/c1-7-11-15-23(10-4)22-28-24(27)16-19-25(17-12-8-2)18-14-21-26(5,6)20-13-9-3/h23H,7-22H2,1-6H3/q+1. The van der Waals surface area contributed by atoms with Crippen LogP contribution in [0, 0.1) is 5.92 Å². The van der Waals surface area contributed by atoms with E-state index in [-0.39, 0.29) is 5.97 Å². The Balaban J connectivity index is 4.23. The molecule has 1 atom stereocenters. The molecule has 4 nitrogen and oxygen atoms in total. The summed E-state index contributed by atoms with van der Waals surface area (Å²) >= 11 is 0. The Hall–Kier alpha value is -0.610. The molecule has 0 amide bonds. The van der Waals surface area contributed by atoms with E-state index in [2.05, 4.69) is 46.7 Å². The first-order valence-corrected chi connectivity index (χ1v) is 12.1. The van der Waals surface area contributed by atoms with Crippen LogP contribution in [0.3, 0.4) is 0 Å². The zero-order valence-electron chi connectivity index (χ0n) is 20.1. The van der Waals surface area contributed by atoms with Gasteiger partial charge in [-0.2, -0.15) is 0 Å².